The Morgan fingerprint density at radius 3 is 2.88 bits per heavy atom. The smallest absolute Gasteiger partial charge is 0.251 e. The number of carbonyl (C=O) groups is 1. The Hall–Kier alpha value is -3.29. The van der Waals surface area contributed by atoms with Crippen LogP contribution in [0.4, 0.5) is 0 Å². The van der Waals surface area contributed by atoms with E-state index in [1.165, 1.54) is 12.7 Å². The molecule has 0 aliphatic carbocycles. The summed E-state index contributed by atoms with van der Waals surface area (Å²) in [6, 6.07) is 7.23. The molecule has 8 nitrogen and oxygen atoms in total. The van der Waals surface area contributed by atoms with Gasteiger partial charge in [0.25, 0.3) is 5.91 Å². The molecule has 1 N–H and O–H groups in total. The molecule has 0 saturated carbocycles. The molecular formula is C18H20N6O2. The third-order valence-electron chi connectivity index (χ3n) is 3.91. The Morgan fingerprint density at radius 1 is 1.31 bits per heavy atom. The van der Waals surface area contributed by atoms with Gasteiger partial charge in [0.05, 0.1) is 24.9 Å². The normalized spacial score (nSPS) is 11.8. The lowest BCUT2D eigenvalue weighted by Crippen LogP contribution is -2.35. The molecule has 0 spiro atoms. The van der Waals surface area contributed by atoms with Gasteiger partial charge in [-0.3, -0.25) is 9.48 Å². The van der Waals surface area contributed by atoms with Crippen molar-refractivity contribution in [3.63, 3.8) is 0 Å². The van der Waals surface area contributed by atoms with Gasteiger partial charge >= 0.3 is 0 Å². The predicted molar refractivity (Wildman–Crippen MR) is 95.7 cm³/mol. The summed E-state index contributed by atoms with van der Waals surface area (Å²) in [6.45, 7) is 4.35. The fourth-order valence-electron chi connectivity index (χ4n) is 2.72. The van der Waals surface area contributed by atoms with Crippen LogP contribution in [-0.4, -0.2) is 43.8 Å². The van der Waals surface area contributed by atoms with Crippen LogP contribution in [0.2, 0.25) is 0 Å². The molecule has 0 bridgehead atoms. The lowest BCUT2D eigenvalue weighted by Gasteiger charge is -2.15. The molecule has 2 heterocycles. The standard InChI is InChI=1S/C18H20N6O2/c1-12(8-24-11-19-9-22-24)23-17(25)15-6-4-5-14(7-15)16-13(2)20-10-21-18(16)26-3/h4-7,9-12H,8H2,1-3H3,(H,23,25)/t12-/m0/s1. The number of amides is 1. The zero-order valence-electron chi connectivity index (χ0n) is 14.9. The number of hydrogen-bond donors (Lipinski definition) is 1. The Morgan fingerprint density at radius 2 is 2.15 bits per heavy atom. The van der Waals surface area contributed by atoms with Crippen LogP contribution in [0.25, 0.3) is 11.1 Å². The predicted octanol–water partition coefficient (Wildman–Crippen LogP) is 1.87. The SMILES string of the molecule is COc1ncnc(C)c1-c1cccc(C(=O)N[C@@H](C)Cn2cncn2)c1. The first-order valence-electron chi connectivity index (χ1n) is 8.17. The van der Waals surface area contributed by atoms with Crippen molar-refractivity contribution >= 4 is 5.91 Å². The van der Waals surface area contributed by atoms with Crippen LogP contribution in [0, 0.1) is 6.92 Å². The zero-order valence-corrected chi connectivity index (χ0v) is 14.9. The summed E-state index contributed by atoms with van der Waals surface area (Å²) in [6.07, 6.45) is 4.55. The summed E-state index contributed by atoms with van der Waals surface area (Å²) in [5.74, 6) is 0.322. The molecule has 0 unspecified atom stereocenters. The third-order valence-corrected chi connectivity index (χ3v) is 3.91. The topological polar surface area (TPSA) is 94.8 Å². The number of ether oxygens (including phenoxy) is 1. The van der Waals surface area contributed by atoms with Crippen LogP contribution in [-0.2, 0) is 6.54 Å². The first kappa shape index (κ1) is 17.5. The van der Waals surface area contributed by atoms with E-state index in [1.54, 1.807) is 24.2 Å². The minimum atomic E-state index is -0.159. The number of methoxy groups -OCH3 is 1. The highest BCUT2D eigenvalue weighted by atomic mass is 16.5. The van der Waals surface area contributed by atoms with Crippen molar-refractivity contribution in [2.75, 3.05) is 7.11 Å². The average molecular weight is 352 g/mol. The minimum absolute atomic E-state index is 0.0933. The molecular weight excluding hydrogens is 332 g/mol. The second-order valence-electron chi connectivity index (χ2n) is 5.92. The molecule has 0 aliphatic heterocycles. The lowest BCUT2D eigenvalue weighted by atomic mass is 10.0. The monoisotopic (exact) mass is 352 g/mol. The van der Waals surface area contributed by atoms with Gasteiger partial charge in [0.1, 0.15) is 19.0 Å². The molecule has 0 saturated heterocycles. The van der Waals surface area contributed by atoms with E-state index in [0.29, 0.717) is 18.0 Å². The van der Waals surface area contributed by atoms with Gasteiger partial charge in [0.15, 0.2) is 0 Å². The van der Waals surface area contributed by atoms with E-state index in [1.807, 2.05) is 32.0 Å². The van der Waals surface area contributed by atoms with Crippen molar-refractivity contribution in [3.05, 3.63) is 54.5 Å². The van der Waals surface area contributed by atoms with Crippen molar-refractivity contribution in [1.29, 1.82) is 0 Å². The summed E-state index contributed by atoms with van der Waals surface area (Å²) >= 11 is 0. The summed E-state index contributed by atoms with van der Waals surface area (Å²) in [4.78, 5) is 24.9. The van der Waals surface area contributed by atoms with Crippen LogP contribution in [0.5, 0.6) is 5.88 Å². The number of carbonyl (C=O) groups excluding carboxylic acids is 1. The van der Waals surface area contributed by atoms with Crippen LogP contribution < -0.4 is 10.1 Å². The fourth-order valence-corrected chi connectivity index (χ4v) is 2.72. The Kier molecular flexibility index (Phi) is 5.21. The number of benzene rings is 1. The molecule has 0 aliphatic rings. The summed E-state index contributed by atoms with van der Waals surface area (Å²) in [7, 11) is 1.56. The largest absolute Gasteiger partial charge is 0.480 e. The summed E-state index contributed by atoms with van der Waals surface area (Å²) in [5, 5.41) is 7.01. The van der Waals surface area contributed by atoms with E-state index >= 15 is 0 Å². The van der Waals surface area contributed by atoms with E-state index in [2.05, 4.69) is 25.4 Å². The average Bonchev–Trinajstić information content (AvgIpc) is 3.14. The Bertz CT molecular complexity index is 894. The van der Waals surface area contributed by atoms with Gasteiger partial charge in [-0.2, -0.15) is 5.10 Å². The molecule has 8 heteroatoms. The lowest BCUT2D eigenvalue weighted by molar-refractivity contribution is 0.0936. The second-order valence-corrected chi connectivity index (χ2v) is 5.92. The van der Waals surface area contributed by atoms with Gasteiger partial charge in [-0.1, -0.05) is 12.1 Å². The molecule has 3 aromatic rings. The van der Waals surface area contributed by atoms with Crippen molar-refractivity contribution in [2.24, 2.45) is 0 Å². The maximum atomic E-state index is 12.6. The van der Waals surface area contributed by atoms with Crippen LogP contribution in [0.3, 0.4) is 0 Å². The van der Waals surface area contributed by atoms with E-state index < -0.39 is 0 Å². The van der Waals surface area contributed by atoms with Crippen molar-refractivity contribution < 1.29 is 9.53 Å². The van der Waals surface area contributed by atoms with E-state index in [4.69, 9.17) is 4.74 Å². The van der Waals surface area contributed by atoms with Crippen molar-refractivity contribution in [1.82, 2.24) is 30.0 Å². The number of nitrogens with zero attached hydrogens (tertiary/aromatic N) is 5. The molecule has 2 aromatic heterocycles. The molecule has 1 aromatic carbocycles. The van der Waals surface area contributed by atoms with Crippen molar-refractivity contribution in [2.45, 2.75) is 26.4 Å². The van der Waals surface area contributed by atoms with Gasteiger partial charge in [0, 0.05) is 11.6 Å². The number of aryl methyl sites for hydroxylation is 1. The maximum Gasteiger partial charge on any atom is 0.251 e. The van der Waals surface area contributed by atoms with E-state index in [-0.39, 0.29) is 11.9 Å². The number of aromatic nitrogens is 5. The Balaban J connectivity index is 1.80. The van der Waals surface area contributed by atoms with Gasteiger partial charge < -0.3 is 10.1 Å². The van der Waals surface area contributed by atoms with Crippen LogP contribution in [0.15, 0.2) is 43.2 Å². The molecule has 134 valence electrons. The zero-order chi connectivity index (χ0) is 18.5. The molecule has 1 atom stereocenters. The van der Waals surface area contributed by atoms with Gasteiger partial charge in [-0.25, -0.2) is 15.0 Å². The van der Waals surface area contributed by atoms with E-state index in [0.717, 1.165) is 16.8 Å². The molecule has 26 heavy (non-hydrogen) atoms. The molecule has 0 fully saturated rings. The number of nitrogens with one attached hydrogen (secondary N) is 1. The summed E-state index contributed by atoms with van der Waals surface area (Å²) in [5.41, 5.74) is 2.95. The quantitative estimate of drug-likeness (QED) is 0.728. The number of hydrogen-bond acceptors (Lipinski definition) is 6. The highest BCUT2D eigenvalue weighted by molar-refractivity contribution is 5.95. The maximum absolute atomic E-state index is 12.6. The highest BCUT2D eigenvalue weighted by Gasteiger charge is 2.15. The summed E-state index contributed by atoms with van der Waals surface area (Å²) < 4.78 is 7.01. The molecule has 3 rings (SSSR count). The van der Waals surface area contributed by atoms with Crippen LogP contribution >= 0.6 is 0 Å². The molecule has 0 radical (unpaired) electrons. The first-order chi connectivity index (χ1) is 12.6. The number of rotatable bonds is 6. The van der Waals surface area contributed by atoms with Gasteiger partial charge in [0.2, 0.25) is 5.88 Å². The van der Waals surface area contributed by atoms with Crippen LogP contribution in [0.1, 0.15) is 23.0 Å². The fraction of sp³-hybridized carbons (Fsp3) is 0.278. The molecule has 1 amide bonds. The van der Waals surface area contributed by atoms with Crippen molar-refractivity contribution in [3.8, 4) is 17.0 Å². The first-order valence-corrected chi connectivity index (χ1v) is 8.17. The Labute approximate surface area is 151 Å². The minimum Gasteiger partial charge on any atom is -0.480 e. The van der Waals surface area contributed by atoms with Gasteiger partial charge in [-0.05, 0) is 31.5 Å². The third kappa shape index (κ3) is 3.85. The van der Waals surface area contributed by atoms with E-state index in [9.17, 15) is 4.79 Å². The highest BCUT2D eigenvalue weighted by Crippen LogP contribution is 2.30. The van der Waals surface area contributed by atoms with Gasteiger partial charge in [-0.15, -0.1) is 0 Å². The second kappa shape index (κ2) is 7.73.